The zero-order chi connectivity index (χ0) is 9.35. The first-order valence-electron chi connectivity index (χ1n) is 3.09. The van der Waals surface area contributed by atoms with Crippen LogP contribution >= 0.6 is 11.6 Å². The fourth-order valence-corrected chi connectivity index (χ4v) is 1.72. The Morgan fingerprint density at radius 1 is 1.58 bits per heavy atom. The van der Waals surface area contributed by atoms with E-state index in [0.29, 0.717) is 0 Å². The van der Waals surface area contributed by atoms with Crippen LogP contribution in [-0.2, 0) is 10.2 Å². The molecule has 0 aromatic carbocycles. The molecule has 1 aromatic rings. The Kier molecular flexibility index (Phi) is 2.41. The molecule has 0 aliphatic heterocycles. The predicted octanol–water partition coefficient (Wildman–Crippen LogP) is 0.191. The highest BCUT2D eigenvalue weighted by atomic mass is 35.5. The van der Waals surface area contributed by atoms with Crippen LogP contribution < -0.4 is 0 Å². The molecule has 0 saturated heterocycles. The second-order valence-electron chi connectivity index (χ2n) is 2.29. The number of hydrogen-bond acceptors (Lipinski definition) is 3. The molecule has 0 radical (unpaired) electrons. The van der Waals surface area contributed by atoms with Crippen LogP contribution in [0.3, 0.4) is 0 Å². The molecule has 0 amide bonds. The minimum Gasteiger partial charge on any atom is -0.189 e. The van der Waals surface area contributed by atoms with Gasteiger partial charge < -0.3 is 0 Å². The van der Waals surface area contributed by atoms with Gasteiger partial charge in [-0.25, -0.2) is 0 Å². The third kappa shape index (κ3) is 1.45. The molecule has 0 unspecified atom stereocenters. The van der Waals surface area contributed by atoms with Crippen LogP contribution in [0.1, 0.15) is 0 Å². The van der Waals surface area contributed by atoms with Gasteiger partial charge in [0, 0.05) is 14.1 Å². The van der Waals surface area contributed by atoms with Gasteiger partial charge in [0.2, 0.25) is 0 Å². The van der Waals surface area contributed by atoms with E-state index in [-0.39, 0.29) is 5.15 Å². The Morgan fingerprint density at radius 2 is 2.17 bits per heavy atom. The summed E-state index contributed by atoms with van der Waals surface area (Å²) in [6, 6.07) is 1.41. The Labute approximate surface area is 75.7 Å². The van der Waals surface area contributed by atoms with Crippen molar-refractivity contribution in [3.63, 3.8) is 0 Å². The summed E-state index contributed by atoms with van der Waals surface area (Å²) in [4.78, 5) is 0. The number of halogens is 1. The molecule has 5 nitrogen and oxygen atoms in total. The third-order valence-corrected chi connectivity index (χ3v) is 3.28. The van der Waals surface area contributed by atoms with E-state index in [2.05, 4.69) is 5.10 Å². The number of aromatic nitrogens is 2. The minimum atomic E-state index is -3.56. The number of nitrogens with zero attached hydrogens (tertiary/aromatic N) is 3. The molecule has 0 saturated carbocycles. The van der Waals surface area contributed by atoms with Crippen LogP contribution in [0.4, 0.5) is 0 Å². The van der Waals surface area contributed by atoms with Crippen LogP contribution in [0.5, 0.6) is 0 Å². The van der Waals surface area contributed by atoms with E-state index in [9.17, 15) is 8.42 Å². The van der Waals surface area contributed by atoms with Crippen molar-refractivity contribution in [2.24, 2.45) is 0 Å². The zero-order valence-electron chi connectivity index (χ0n) is 6.60. The van der Waals surface area contributed by atoms with Gasteiger partial charge in [0.15, 0.2) is 0 Å². The van der Waals surface area contributed by atoms with Crippen LogP contribution in [0, 0.1) is 0 Å². The maximum Gasteiger partial charge on any atom is 0.323 e. The van der Waals surface area contributed by atoms with E-state index in [4.69, 9.17) is 11.6 Å². The molecule has 1 heterocycles. The maximum absolute atomic E-state index is 11.4. The van der Waals surface area contributed by atoms with Crippen LogP contribution in [0.2, 0.25) is 5.15 Å². The average Bonchev–Trinajstić information content (AvgIpc) is 2.35. The molecule has 7 heteroatoms. The summed E-state index contributed by atoms with van der Waals surface area (Å²) in [6.07, 6.45) is 1.32. The summed E-state index contributed by atoms with van der Waals surface area (Å²) >= 11 is 5.56. The van der Waals surface area contributed by atoms with Crippen LogP contribution in [0.25, 0.3) is 0 Å². The average molecular weight is 210 g/mol. The van der Waals surface area contributed by atoms with Crippen molar-refractivity contribution >= 4 is 21.8 Å². The van der Waals surface area contributed by atoms with Crippen molar-refractivity contribution in [1.82, 2.24) is 13.5 Å². The topological polar surface area (TPSA) is 55.2 Å². The Hall–Kier alpha value is -0.590. The predicted molar refractivity (Wildman–Crippen MR) is 45.2 cm³/mol. The Balaban J connectivity index is 3.24. The molecule has 0 atom stereocenters. The SMILES string of the molecule is CN(C)S(=O)(=O)n1nccc1Cl. The fourth-order valence-electron chi connectivity index (χ4n) is 0.599. The molecule has 0 bridgehead atoms. The fraction of sp³-hybridized carbons (Fsp3) is 0.400. The molecule has 1 aromatic heterocycles. The summed E-state index contributed by atoms with van der Waals surface area (Å²) in [5.74, 6) is 0. The van der Waals surface area contributed by atoms with E-state index in [1.165, 1.54) is 26.4 Å². The molecule has 0 fully saturated rings. The van der Waals surface area contributed by atoms with E-state index < -0.39 is 10.2 Å². The molecular weight excluding hydrogens is 202 g/mol. The van der Waals surface area contributed by atoms with Crippen molar-refractivity contribution in [3.05, 3.63) is 17.4 Å². The third-order valence-electron chi connectivity index (χ3n) is 1.25. The van der Waals surface area contributed by atoms with Crippen LogP contribution in [0.15, 0.2) is 12.3 Å². The van der Waals surface area contributed by atoms with Gasteiger partial charge in [0.05, 0.1) is 6.20 Å². The van der Waals surface area contributed by atoms with Crippen LogP contribution in [-0.4, -0.2) is 36.0 Å². The summed E-state index contributed by atoms with van der Waals surface area (Å²) < 4.78 is 24.5. The summed E-state index contributed by atoms with van der Waals surface area (Å²) in [7, 11) is -0.737. The molecule has 0 aliphatic carbocycles. The lowest BCUT2D eigenvalue weighted by molar-refractivity contribution is 0.504. The molecule has 0 spiro atoms. The number of hydrogen-bond donors (Lipinski definition) is 0. The molecule has 1 rings (SSSR count). The van der Waals surface area contributed by atoms with E-state index in [0.717, 1.165) is 8.39 Å². The Morgan fingerprint density at radius 3 is 2.50 bits per heavy atom. The van der Waals surface area contributed by atoms with E-state index in [1.54, 1.807) is 0 Å². The van der Waals surface area contributed by atoms with Gasteiger partial charge >= 0.3 is 10.2 Å². The van der Waals surface area contributed by atoms with E-state index in [1.807, 2.05) is 0 Å². The smallest absolute Gasteiger partial charge is 0.189 e. The maximum atomic E-state index is 11.4. The standard InChI is InChI=1S/C5H8ClN3O2S/c1-8(2)12(10,11)9-5(6)3-4-7-9/h3-4H,1-2H3. The first-order chi connectivity index (χ1) is 5.46. The van der Waals surface area contributed by atoms with Gasteiger partial charge in [-0.15, -0.1) is 4.09 Å². The van der Waals surface area contributed by atoms with Crippen molar-refractivity contribution in [1.29, 1.82) is 0 Å². The van der Waals surface area contributed by atoms with Crippen molar-refractivity contribution < 1.29 is 8.42 Å². The summed E-state index contributed by atoms with van der Waals surface area (Å²) in [6.45, 7) is 0. The number of rotatable bonds is 2. The monoisotopic (exact) mass is 209 g/mol. The van der Waals surface area contributed by atoms with Gasteiger partial charge in [-0.3, -0.25) is 0 Å². The molecule has 68 valence electrons. The molecular formula is C5H8ClN3O2S. The second kappa shape index (κ2) is 3.04. The zero-order valence-corrected chi connectivity index (χ0v) is 8.17. The van der Waals surface area contributed by atoms with Crippen molar-refractivity contribution in [2.45, 2.75) is 0 Å². The van der Waals surface area contributed by atoms with Crippen molar-refractivity contribution in [3.8, 4) is 0 Å². The largest absolute Gasteiger partial charge is 0.323 e. The lowest BCUT2D eigenvalue weighted by atomic mass is 10.8. The normalized spacial score (nSPS) is 12.3. The minimum absolute atomic E-state index is 0.0729. The highest BCUT2D eigenvalue weighted by Gasteiger charge is 2.18. The molecule has 0 N–H and O–H groups in total. The highest BCUT2D eigenvalue weighted by molar-refractivity contribution is 7.87. The quantitative estimate of drug-likeness (QED) is 0.699. The summed E-state index contributed by atoms with van der Waals surface area (Å²) in [5.41, 5.74) is 0. The van der Waals surface area contributed by atoms with Gasteiger partial charge in [0.1, 0.15) is 5.15 Å². The summed E-state index contributed by atoms with van der Waals surface area (Å²) in [5, 5.41) is 3.64. The first kappa shape index (κ1) is 9.50. The second-order valence-corrected chi connectivity index (χ2v) is 4.65. The molecule has 0 aliphatic rings. The van der Waals surface area contributed by atoms with Gasteiger partial charge in [-0.1, -0.05) is 11.6 Å². The highest BCUT2D eigenvalue weighted by Crippen LogP contribution is 2.10. The van der Waals surface area contributed by atoms with Gasteiger partial charge in [0.25, 0.3) is 0 Å². The van der Waals surface area contributed by atoms with Gasteiger partial charge in [-0.05, 0) is 6.07 Å². The van der Waals surface area contributed by atoms with E-state index >= 15 is 0 Å². The molecule has 12 heavy (non-hydrogen) atoms. The van der Waals surface area contributed by atoms with Crippen molar-refractivity contribution in [2.75, 3.05) is 14.1 Å². The lowest BCUT2D eigenvalue weighted by Gasteiger charge is -2.10. The Bertz CT molecular complexity index is 370. The van der Waals surface area contributed by atoms with Gasteiger partial charge in [-0.2, -0.15) is 17.8 Å². The lowest BCUT2D eigenvalue weighted by Crippen LogP contribution is -2.29. The first-order valence-corrected chi connectivity index (χ1v) is 4.86.